The summed E-state index contributed by atoms with van der Waals surface area (Å²) in [4.78, 5) is 8.33. The van der Waals surface area contributed by atoms with E-state index in [0.29, 0.717) is 5.96 Å². The van der Waals surface area contributed by atoms with E-state index in [9.17, 15) is 0 Å². The first-order valence-electron chi connectivity index (χ1n) is 4.98. The fourth-order valence-electron chi connectivity index (χ4n) is 1.52. The second-order valence-corrected chi connectivity index (χ2v) is 3.40. The second-order valence-electron chi connectivity index (χ2n) is 3.40. The van der Waals surface area contributed by atoms with Crippen LogP contribution in [0.3, 0.4) is 0 Å². The van der Waals surface area contributed by atoms with E-state index in [4.69, 9.17) is 0 Å². The van der Waals surface area contributed by atoms with E-state index in [1.165, 1.54) is 0 Å². The Balaban J connectivity index is 0.00000108. The molecule has 2 aliphatic rings. The van der Waals surface area contributed by atoms with Crippen molar-refractivity contribution in [2.24, 2.45) is 15.1 Å². The Morgan fingerprint density at radius 2 is 1.94 bits per heavy atom. The van der Waals surface area contributed by atoms with Gasteiger partial charge in [-0.2, -0.15) is 4.99 Å². The molecule has 2 aliphatic heterocycles. The summed E-state index contributed by atoms with van der Waals surface area (Å²) < 4.78 is 0. The Bertz CT molecular complexity index is 518. The summed E-state index contributed by atoms with van der Waals surface area (Å²) in [6.45, 7) is 0. The van der Waals surface area contributed by atoms with Crippen molar-refractivity contribution in [1.82, 2.24) is 0 Å². The lowest BCUT2D eigenvalue weighted by atomic mass is 10.3. The molecule has 0 saturated carbocycles. The van der Waals surface area contributed by atoms with Crippen molar-refractivity contribution in [3.8, 4) is 0 Å². The third kappa shape index (κ3) is 2.41. The van der Waals surface area contributed by atoms with Crippen LogP contribution in [0.1, 0.15) is 0 Å². The maximum absolute atomic E-state index is 4.35. The van der Waals surface area contributed by atoms with E-state index >= 15 is 0 Å². The van der Waals surface area contributed by atoms with Gasteiger partial charge >= 0.3 is 0 Å². The second kappa shape index (κ2) is 4.90. The average molecular weight is 248 g/mol. The number of aliphatic imine (C=N–C) groups is 2. The van der Waals surface area contributed by atoms with E-state index in [-0.39, 0.29) is 12.4 Å². The Kier molecular flexibility index (Phi) is 3.32. The molecule has 0 aromatic heterocycles. The predicted octanol–water partition coefficient (Wildman–Crippen LogP) is -2.77. The van der Waals surface area contributed by atoms with E-state index in [1.807, 2.05) is 36.5 Å². The number of nitrogens with one attached hydrogen (secondary N) is 2. The molecular formula is C11H10ClN5. The van der Waals surface area contributed by atoms with Crippen molar-refractivity contribution in [2.45, 2.75) is 0 Å². The van der Waals surface area contributed by atoms with Gasteiger partial charge in [0.05, 0.1) is 6.20 Å². The molecule has 0 bridgehead atoms. The zero-order valence-corrected chi connectivity index (χ0v) is 9.59. The molecule has 3 rings (SSSR count). The largest absolute Gasteiger partial charge is 1.00 e. The smallest absolute Gasteiger partial charge is 0.286 e. The lowest BCUT2D eigenvalue weighted by Crippen LogP contribution is -3.05. The summed E-state index contributed by atoms with van der Waals surface area (Å²) in [5.74, 6) is 1.41. The molecule has 1 aromatic carbocycles. The highest BCUT2D eigenvalue weighted by molar-refractivity contribution is 6.29. The van der Waals surface area contributed by atoms with Gasteiger partial charge in [0.2, 0.25) is 0 Å². The Morgan fingerprint density at radius 3 is 2.71 bits per heavy atom. The third-order valence-corrected chi connectivity index (χ3v) is 2.26. The number of para-hydroxylation sites is 1. The van der Waals surface area contributed by atoms with Gasteiger partial charge in [0, 0.05) is 5.69 Å². The highest BCUT2D eigenvalue weighted by atomic mass is 35.5. The van der Waals surface area contributed by atoms with Crippen LogP contribution in [0.4, 0.5) is 5.69 Å². The standard InChI is InChI=1S/C11H9N5.ClH/c1-2-4-9(5-3-1)13-11-14-10-8-12-6-7-16(10)15-11;/h1-8H,(H,13,15);1H. The molecule has 0 spiro atoms. The van der Waals surface area contributed by atoms with Gasteiger partial charge in [-0.3, -0.25) is 4.99 Å². The van der Waals surface area contributed by atoms with Crippen molar-refractivity contribution >= 4 is 23.7 Å². The maximum Gasteiger partial charge on any atom is 0.286 e. The van der Waals surface area contributed by atoms with Crippen LogP contribution in [0.2, 0.25) is 0 Å². The van der Waals surface area contributed by atoms with Gasteiger partial charge in [-0.1, -0.05) is 18.2 Å². The number of hydrogen-bond acceptors (Lipinski definition) is 4. The van der Waals surface area contributed by atoms with Crippen LogP contribution in [0, 0.1) is 0 Å². The van der Waals surface area contributed by atoms with Crippen molar-refractivity contribution in [3.63, 3.8) is 0 Å². The number of hydrogen-bond donors (Lipinski definition) is 2. The van der Waals surface area contributed by atoms with Gasteiger partial charge in [0.25, 0.3) is 11.8 Å². The number of benzene rings is 1. The van der Waals surface area contributed by atoms with Crippen LogP contribution in [0.15, 0.2) is 57.8 Å². The highest BCUT2D eigenvalue weighted by Crippen LogP contribution is 2.05. The lowest BCUT2D eigenvalue weighted by molar-refractivity contribution is -0.748. The molecule has 0 fully saturated rings. The van der Waals surface area contributed by atoms with E-state index in [0.717, 1.165) is 16.5 Å². The number of amidine groups is 1. The average Bonchev–Trinajstić information content (AvgIpc) is 2.72. The zero-order valence-electron chi connectivity index (χ0n) is 8.84. The number of quaternary nitrogens is 1. The molecule has 1 unspecified atom stereocenters. The summed E-state index contributed by atoms with van der Waals surface area (Å²) in [5, 5.41) is 8.34. The molecule has 5 nitrogen and oxygen atoms in total. The molecule has 17 heavy (non-hydrogen) atoms. The fraction of sp³-hybridized carbons (Fsp3) is 0. The van der Waals surface area contributed by atoms with Crippen LogP contribution < -0.4 is 22.7 Å². The molecule has 1 atom stereocenters. The first-order valence-corrected chi connectivity index (χ1v) is 4.98. The quantitative estimate of drug-likeness (QED) is 0.555. The molecule has 0 saturated heterocycles. The molecule has 1 aromatic rings. The fourth-order valence-corrected chi connectivity index (χ4v) is 1.52. The number of guanidine groups is 1. The minimum absolute atomic E-state index is 0. The molecule has 2 heterocycles. The number of nitrogens with zero attached hydrogens (tertiary/aromatic N) is 3. The minimum atomic E-state index is 0. The summed E-state index contributed by atoms with van der Waals surface area (Å²) in [5.41, 5.74) is 0.978. The van der Waals surface area contributed by atoms with Crippen molar-refractivity contribution in [3.05, 3.63) is 42.7 Å². The van der Waals surface area contributed by atoms with Crippen LogP contribution in [0.5, 0.6) is 0 Å². The first kappa shape index (κ1) is 11.5. The third-order valence-electron chi connectivity index (χ3n) is 2.26. The van der Waals surface area contributed by atoms with Gasteiger partial charge in [0.15, 0.2) is 0 Å². The Hall–Kier alpha value is -1.98. The zero-order chi connectivity index (χ0) is 10.8. The monoisotopic (exact) mass is 247 g/mol. The molecule has 0 aliphatic carbocycles. The predicted molar refractivity (Wildman–Crippen MR) is 63.5 cm³/mol. The summed E-state index contributed by atoms with van der Waals surface area (Å²) in [6, 6.07) is 9.84. The Morgan fingerprint density at radius 1 is 1.12 bits per heavy atom. The van der Waals surface area contributed by atoms with Gasteiger partial charge in [0.1, 0.15) is 12.4 Å². The van der Waals surface area contributed by atoms with Gasteiger partial charge < -0.3 is 17.7 Å². The van der Waals surface area contributed by atoms with Gasteiger partial charge in [-0.25, -0.2) is 0 Å². The molecular weight excluding hydrogens is 238 g/mol. The van der Waals surface area contributed by atoms with E-state index in [1.54, 1.807) is 12.4 Å². The number of rotatable bonds is 1. The lowest BCUT2D eigenvalue weighted by Gasteiger charge is -2.01. The number of fused-ring (bicyclic) bond motifs is 1. The van der Waals surface area contributed by atoms with Crippen LogP contribution >= 0.6 is 0 Å². The SMILES string of the molecule is C1=C[NH+]2N=C(Nc3ccccc3)N=C2C=N1.[Cl-]. The van der Waals surface area contributed by atoms with E-state index in [2.05, 4.69) is 20.4 Å². The van der Waals surface area contributed by atoms with E-state index < -0.39 is 0 Å². The number of halogens is 1. The van der Waals surface area contributed by atoms with Gasteiger partial charge in [-0.05, 0) is 17.2 Å². The van der Waals surface area contributed by atoms with Crippen molar-refractivity contribution in [1.29, 1.82) is 0 Å². The highest BCUT2D eigenvalue weighted by Gasteiger charge is 2.24. The van der Waals surface area contributed by atoms with Crippen LogP contribution in [0.25, 0.3) is 0 Å². The minimum Gasteiger partial charge on any atom is -1.00 e. The molecule has 86 valence electrons. The summed E-state index contributed by atoms with van der Waals surface area (Å²) in [7, 11) is 0. The first-order chi connectivity index (χ1) is 7.92. The summed E-state index contributed by atoms with van der Waals surface area (Å²) >= 11 is 0. The topological polar surface area (TPSA) is 53.5 Å². The van der Waals surface area contributed by atoms with Gasteiger partial charge in [-0.15, -0.1) is 5.01 Å². The molecule has 2 N–H and O–H groups in total. The Labute approximate surface area is 105 Å². The summed E-state index contributed by atoms with van der Waals surface area (Å²) in [6.07, 6.45) is 5.26. The van der Waals surface area contributed by atoms with Crippen molar-refractivity contribution in [2.75, 3.05) is 5.32 Å². The normalized spacial score (nSPS) is 20.1. The number of anilines is 1. The molecule has 0 radical (unpaired) electrons. The molecule has 6 heteroatoms. The van der Waals surface area contributed by atoms with Crippen LogP contribution in [-0.2, 0) is 0 Å². The van der Waals surface area contributed by atoms with Crippen LogP contribution in [-0.4, -0.2) is 18.0 Å². The maximum atomic E-state index is 4.35. The molecule has 0 amide bonds. The van der Waals surface area contributed by atoms with Crippen molar-refractivity contribution < 1.29 is 17.4 Å².